The Kier molecular flexibility index (Phi) is 10.4. The van der Waals surface area contributed by atoms with Gasteiger partial charge in [0.25, 0.3) is 0 Å². The zero-order valence-corrected chi connectivity index (χ0v) is 20.3. The number of aliphatic hydroxyl groups is 2. The Morgan fingerprint density at radius 1 is 1.12 bits per heavy atom. The number of Topliss-reactive ketones (excluding diaryl/α,β-unsaturated/α-hetero) is 1. The lowest BCUT2D eigenvalue weighted by atomic mass is 9.78. The summed E-state index contributed by atoms with van der Waals surface area (Å²) in [5.41, 5.74) is 1.22. The molecule has 0 aliphatic heterocycles. The Balaban J connectivity index is 1.34. The van der Waals surface area contributed by atoms with Crippen LogP contribution in [0.5, 0.6) is 0 Å². The van der Waals surface area contributed by atoms with Gasteiger partial charge in [-0.2, -0.15) is 0 Å². The number of nitrogens with one attached hydrogen (secondary N) is 1. The molecule has 1 aromatic carbocycles. The van der Waals surface area contributed by atoms with E-state index in [0.29, 0.717) is 19.3 Å². The van der Waals surface area contributed by atoms with Crippen LogP contribution in [0.15, 0.2) is 30.3 Å². The van der Waals surface area contributed by atoms with Gasteiger partial charge in [0.05, 0.1) is 12.2 Å². The third-order valence-electron chi connectivity index (χ3n) is 7.58. The van der Waals surface area contributed by atoms with E-state index in [-0.39, 0.29) is 35.9 Å². The second-order valence-electron chi connectivity index (χ2n) is 10.5. The largest absolute Gasteiger partial charge is 0.393 e. The van der Waals surface area contributed by atoms with E-state index in [1.807, 2.05) is 18.2 Å². The van der Waals surface area contributed by atoms with Crippen LogP contribution in [0.3, 0.4) is 0 Å². The molecule has 2 aliphatic rings. The Morgan fingerprint density at radius 3 is 2.58 bits per heavy atom. The zero-order valence-electron chi connectivity index (χ0n) is 20.3. The van der Waals surface area contributed by atoms with Crippen molar-refractivity contribution in [3.63, 3.8) is 0 Å². The van der Waals surface area contributed by atoms with Crippen LogP contribution >= 0.6 is 0 Å². The highest BCUT2D eigenvalue weighted by Crippen LogP contribution is 2.39. The Labute approximate surface area is 199 Å². The maximum Gasteiger partial charge on any atom is 0.220 e. The summed E-state index contributed by atoms with van der Waals surface area (Å²) < 4.78 is 0. The van der Waals surface area contributed by atoms with Crippen molar-refractivity contribution in [2.24, 2.45) is 23.7 Å². The first-order chi connectivity index (χ1) is 15.9. The number of hydrogen-bond acceptors (Lipinski definition) is 4. The van der Waals surface area contributed by atoms with Crippen molar-refractivity contribution in [2.75, 3.05) is 6.54 Å². The molecular formula is C28H43NO4. The molecule has 0 aromatic heterocycles. The number of hydrogen-bond donors (Lipinski definition) is 3. The summed E-state index contributed by atoms with van der Waals surface area (Å²) in [4.78, 5) is 24.5. The summed E-state index contributed by atoms with van der Waals surface area (Å²) in [6.45, 7) is 2.90. The lowest BCUT2D eigenvalue weighted by molar-refractivity contribution is -0.123. The number of rotatable bonds is 15. The van der Waals surface area contributed by atoms with Crippen LogP contribution in [-0.2, 0) is 16.0 Å². The van der Waals surface area contributed by atoms with Crippen molar-refractivity contribution in [1.29, 1.82) is 0 Å². The van der Waals surface area contributed by atoms with Gasteiger partial charge in [-0.3, -0.25) is 9.59 Å². The SMILES string of the molecule is CC(CC(O)CCc1ccccc1)C1C(=O)CC(O)C1CCCCCCC(=O)NCC1CC1. The average molecular weight is 458 g/mol. The van der Waals surface area contributed by atoms with Gasteiger partial charge in [0, 0.05) is 25.3 Å². The quantitative estimate of drug-likeness (QED) is 0.340. The summed E-state index contributed by atoms with van der Waals surface area (Å²) in [6, 6.07) is 10.2. The van der Waals surface area contributed by atoms with Gasteiger partial charge < -0.3 is 15.5 Å². The molecule has 2 aliphatic carbocycles. The molecule has 1 aromatic rings. The minimum Gasteiger partial charge on any atom is -0.393 e. The highest BCUT2D eigenvalue weighted by molar-refractivity contribution is 5.84. The van der Waals surface area contributed by atoms with Crippen LogP contribution in [0.4, 0.5) is 0 Å². The molecular weight excluding hydrogens is 414 g/mol. The molecule has 1 amide bonds. The number of aliphatic hydroxyl groups excluding tert-OH is 2. The molecule has 0 spiro atoms. The standard InChI is InChI=1S/C28H43NO4/c1-20(17-23(30)16-15-21-9-5-4-6-10-21)28-24(25(31)18-26(28)32)11-7-2-3-8-12-27(33)29-19-22-13-14-22/h4-6,9-10,20,22-25,28,30-31H,2-3,7-8,11-19H2,1H3,(H,29,33). The molecule has 5 nitrogen and oxygen atoms in total. The summed E-state index contributed by atoms with van der Waals surface area (Å²) in [6.07, 6.45) is 9.22. The van der Waals surface area contributed by atoms with Gasteiger partial charge in [-0.15, -0.1) is 0 Å². The van der Waals surface area contributed by atoms with E-state index in [9.17, 15) is 19.8 Å². The molecule has 3 rings (SSSR count). The minimum absolute atomic E-state index is 0.00402. The average Bonchev–Trinajstić information content (AvgIpc) is 3.58. The van der Waals surface area contributed by atoms with Crippen molar-refractivity contribution in [3.8, 4) is 0 Å². The predicted molar refractivity (Wildman–Crippen MR) is 131 cm³/mol. The molecule has 184 valence electrons. The molecule has 0 heterocycles. The number of ketones is 1. The fourth-order valence-electron chi connectivity index (χ4n) is 5.44. The summed E-state index contributed by atoms with van der Waals surface area (Å²) >= 11 is 0. The molecule has 0 saturated heterocycles. The lowest BCUT2D eigenvalue weighted by Crippen LogP contribution is -2.29. The smallest absolute Gasteiger partial charge is 0.220 e. The molecule has 5 unspecified atom stereocenters. The van der Waals surface area contributed by atoms with E-state index in [1.165, 1.54) is 18.4 Å². The molecule has 2 saturated carbocycles. The van der Waals surface area contributed by atoms with Crippen molar-refractivity contribution >= 4 is 11.7 Å². The van der Waals surface area contributed by atoms with Crippen molar-refractivity contribution < 1.29 is 19.8 Å². The first kappa shape index (κ1) is 25.9. The molecule has 33 heavy (non-hydrogen) atoms. The molecule has 5 atom stereocenters. The van der Waals surface area contributed by atoms with Gasteiger partial charge in [-0.25, -0.2) is 0 Å². The molecule has 0 radical (unpaired) electrons. The Morgan fingerprint density at radius 2 is 1.85 bits per heavy atom. The number of unbranched alkanes of at least 4 members (excludes halogenated alkanes) is 3. The highest BCUT2D eigenvalue weighted by atomic mass is 16.3. The normalized spacial score (nSPS) is 24.6. The topological polar surface area (TPSA) is 86.6 Å². The number of aryl methyl sites for hydroxylation is 1. The molecule has 5 heteroatoms. The maximum absolute atomic E-state index is 12.6. The third kappa shape index (κ3) is 8.86. The van der Waals surface area contributed by atoms with E-state index < -0.39 is 12.2 Å². The summed E-state index contributed by atoms with van der Waals surface area (Å²) in [7, 11) is 0. The fraction of sp³-hybridized carbons (Fsp3) is 0.714. The van der Waals surface area contributed by atoms with E-state index >= 15 is 0 Å². The van der Waals surface area contributed by atoms with E-state index in [2.05, 4.69) is 24.4 Å². The number of carbonyl (C=O) groups excluding carboxylic acids is 2. The van der Waals surface area contributed by atoms with Crippen molar-refractivity contribution in [3.05, 3.63) is 35.9 Å². The summed E-state index contributed by atoms with van der Waals surface area (Å²) in [5.74, 6) is 0.951. The van der Waals surface area contributed by atoms with Crippen LogP contribution in [0.1, 0.15) is 83.1 Å². The van der Waals surface area contributed by atoms with Crippen molar-refractivity contribution in [2.45, 2.75) is 96.2 Å². The number of amides is 1. The van der Waals surface area contributed by atoms with Gasteiger partial charge in [-0.05, 0) is 68.3 Å². The third-order valence-corrected chi connectivity index (χ3v) is 7.58. The fourth-order valence-corrected chi connectivity index (χ4v) is 5.44. The number of carbonyl (C=O) groups is 2. The summed E-state index contributed by atoms with van der Waals surface area (Å²) in [5, 5.41) is 24.1. The predicted octanol–water partition coefficient (Wildman–Crippen LogP) is 4.44. The van der Waals surface area contributed by atoms with Gasteiger partial charge in [0.1, 0.15) is 5.78 Å². The van der Waals surface area contributed by atoms with Crippen LogP contribution < -0.4 is 5.32 Å². The second kappa shape index (κ2) is 13.2. The molecule has 3 N–H and O–H groups in total. The van der Waals surface area contributed by atoms with E-state index in [0.717, 1.165) is 51.0 Å². The van der Waals surface area contributed by atoms with Gasteiger partial charge in [-0.1, -0.05) is 56.5 Å². The van der Waals surface area contributed by atoms with E-state index in [1.54, 1.807) is 0 Å². The van der Waals surface area contributed by atoms with Crippen LogP contribution in [-0.4, -0.2) is 40.7 Å². The Bertz CT molecular complexity index is 733. The van der Waals surface area contributed by atoms with E-state index in [4.69, 9.17) is 0 Å². The van der Waals surface area contributed by atoms with Crippen LogP contribution in [0, 0.1) is 23.7 Å². The van der Waals surface area contributed by atoms with Gasteiger partial charge >= 0.3 is 0 Å². The first-order valence-electron chi connectivity index (χ1n) is 13.1. The van der Waals surface area contributed by atoms with Crippen LogP contribution in [0.2, 0.25) is 0 Å². The van der Waals surface area contributed by atoms with Gasteiger partial charge in [0.2, 0.25) is 5.91 Å². The maximum atomic E-state index is 12.6. The zero-order chi connectivity index (χ0) is 23.6. The highest BCUT2D eigenvalue weighted by Gasteiger charge is 2.43. The molecule has 2 fully saturated rings. The monoisotopic (exact) mass is 457 g/mol. The Hall–Kier alpha value is -1.72. The van der Waals surface area contributed by atoms with Gasteiger partial charge in [0.15, 0.2) is 0 Å². The van der Waals surface area contributed by atoms with Crippen molar-refractivity contribution in [1.82, 2.24) is 5.32 Å². The molecule has 0 bridgehead atoms. The lowest BCUT2D eigenvalue weighted by Gasteiger charge is -2.27. The first-order valence-corrected chi connectivity index (χ1v) is 13.1. The number of benzene rings is 1. The second-order valence-corrected chi connectivity index (χ2v) is 10.5. The van der Waals surface area contributed by atoms with Crippen LogP contribution in [0.25, 0.3) is 0 Å². The minimum atomic E-state index is -0.556.